The number of hydrogen-bond acceptors (Lipinski definition) is 3. The molecule has 0 radical (unpaired) electrons. The van der Waals surface area contributed by atoms with E-state index in [0.29, 0.717) is 38.5 Å². The molecule has 1 fully saturated rings. The molecule has 1 atom stereocenters. The predicted octanol–water partition coefficient (Wildman–Crippen LogP) is 1.96. The lowest BCUT2D eigenvalue weighted by Gasteiger charge is -2.31. The topological polar surface area (TPSA) is 61.4 Å². The maximum atomic E-state index is 13.7. The van der Waals surface area contributed by atoms with Crippen molar-refractivity contribution >= 4 is 24.2 Å². The molecule has 0 aromatic heterocycles. The zero-order chi connectivity index (χ0) is 17.7. The first-order chi connectivity index (χ1) is 11.4. The number of likely N-dealkylation sites (tertiary alicyclic amines) is 1. The molecule has 2 amide bonds. The summed E-state index contributed by atoms with van der Waals surface area (Å²) in [7, 11) is 1.83. The maximum absolute atomic E-state index is 13.7. The minimum Gasteiger partial charge on any atom is -0.354 e. The van der Waals surface area contributed by atoms with Gasteiger partial charge in [-0.3, -0.25) is 9.59 Å². The molecule has 25 heavy (non-hydrogen) atoms. The average molecular weight is 376 g/mol. The van der Waals surface area contributed by atoms with Crippen LogP contribution in [0, 0.1) is 17.6 Å². The van der Waals surface area contributed by atoms with Crippen LogP contribution in [0.4, 0.5) is 8.78 Å². The molecule has 8 heteroatoms. The summed E-state index contributed by atoms with van der Waals surface area (Å²) in [5.41, 5.74) is -0.137. The third kappa shape index (κ3) is 5.64. The second-order valence-electron chi connectivity index (χ2n) is 6.13. The van der Waals surface area contributed by atoms with Crippen molar-refractivity contribution < 1.29 is 18.4 Å². The highest BCUT2D eigenvalue weighted by Gasteiger charge is 2.28. The molecule has 2 N–H and O–H groups in total. The number of benzene rings is 1. The van der Waals surface area contributed by atoms with Crippen LogP contribution < -0.4 is 10.6 Å². The zero-order valence-electron chi connectivity index (χ0n) is 14.4. The third-order valence-corrected chi connectivity index (χ3v) is 4.39. The number of carbonyl (C=O) groups is 2. The molecule has 1 aromatic carbocycles. The summed E-state index contributed by atoms with van der Waals surface area (Å²) in [4.78, 5) is 25.9. The highest BCUT2D eigenvalue weighted by atomic mass is 35.5. The molecule has 0 spiro atoms. The lowest BCUT2D eigenvalue weighted by molar-refractivity contribution is -0.126. The van der Waals surface area contributed by atoms with E-state index in [9.17, 15) is 18.4 Å². The fourth-order valence-electron chi connectivity index (χ4n) is 2.68. The van der Waals surface area contributed by atoms with Gasteiger partial charge in [0.2, 0.25) is 5.91 Å². The van der Waals surface area contributed by atoms with Gasteiger partial charge in [0, 0.05) is 37.7 Å². The Morgan fingerprint density at radius 2 is 1.92 bits per heavy atom. The quantitative estimate of drug-likeness (QED) is 0.827. The normalized spacial score (nSPS) is 16.1. The summed E-state index contributed by atoms with van der Waals surface area (Å²) in [6.45, 7) is 3.29. The average Bonchev–Trinajstić information content (AvgIpc) is 2.59. The van der Waals surface area contributed by atoms with Crippen molar-refractivity contribution in [2.75, 3.05) is 26.7 Å². The molecule has 1 unspecified atom stereocenters. The van der Waals surface area contributed by atoms with Crippen molar-refractivity contribution in [3.05, 3.63) is 35.4 Å². The van der Waals surface area contributed by atoms with Crippen LogP contribution in [0.3, 0.4) is 0 Å². The molecular formula is C17H24ClF2N3O2. The van der Waals surface area contributed by atoms with Gasteiger partial charge in [0.1, 0.15) is 11.6 Å². The van der Waals surface area contributed by atoms with Crippen molar-refractivity contribution in [1.82, 2.24) is 15.5 Å². The Balaban J connectivity index is 0.00000312. The maximum Gasteiger partial charge on any atom is 0.256 e. The van der Waals surface area contributed by atoms with Gasteiger partial charge >= 0.3 is 0 Å². The number of piperidine rings is 1. The van der Waals surface area contributed by atoms with Gasteiger partial charge < -0.3 is 15.5 Å². The van der Waals surface area contributed by atoms with Crippen LogP contribution >= 0.6 is 12.4 Å². The van der Waals surface area contributed by atoms with Gasteiger partial charge in [-0.05, 0) is 38.9 Å². The molecule has 1 aromatic rings. The molecule has 1 heterocycles. The summed E-state index contributed by atoms with van der Waals surface area (Å²) in [5.74, 6) is -2.19. The summed E-state index contributed by atoms with van der Waals surface area (Å²) < 4.78 is 26.6. The first kappa shape index (κ1) is 21.3. The van der Waals surface area contributed by atoms with Gasteiger partial charge in [-0.2, -0.15) is 0 Å². The number of carbonyl (C=O) groups excluding carboxylic acids is 2. The van der Waals surface area contributed by atoms with E-state index in [4.69, 9.17) is 0 Å². The Hall–Kier alpha value is -1.73. The van der Waals surface area contributed by atoms with Gasteiger partial charge in [-0.15, -0.1) is 12.4 Å². The molecule has 0 aliphatic carbocycles. The smallest absolute Gasteiger partial charge is 0.256 e. The predicted molar refractivity (Wildman–Crippen MR) is 93.8 cm³/mol. The van der Waals surface area contributed by atoms with Crippen LogP contribution in [0.25, 0.3) is 0 Å². The van der Waals surface area contributed by atoms with Crippen molar-refractivity contribution in [2.24, 2.45) is 5.92 Å². The van der Waals surface area contributed by atoms with E-state index in [1.54, 1.807) is 0 Å². The highest BCUT2D eigenvalue weighted by molar-refractivity contribution is 5.94. The third-order valence-electron chi connectivity index (χ3n) is 4.39. The number of amides is 2. The standard InChI is InChI=1S/C17H23F2N3O2.ClH/c1-11(20-2)10-21-16(23)12-5-7-22(8-6-12)17(24)14-4-3-13(18)9-15(14)19;/h3-4,9,11-12,20H,5-8,10H2,1-2H3,(H,21,23);1H. The molecular weight excluding hydrogens is 352 g/mol. The molecule has 1 aliphatic heterocycles. The van der Waals surface area contributed by atoms with Crippen LogP contribution in [0.1, 0.15) is 30.1 Å². The lowest BCUT2D eigenvalue weighted by atomic mass is 9.95. The Morgan fingerprint density at radius 3 is 2.48 bits per heavy atom. The van der Waals surface area contributed by atoms with E-state index < -0.39 is 17.5 Å². The van der Waals surface area contributed by atoms with E-state index in [2.05, 4.69) is 10.6 Å². The van der Waals surface area contributed by atoms with E-state index in [0.717, 1.165) is 12.1 Å². The number of nitrogens with one attached hydrogen (secondary N) is 2. The first-order valence-corrected chi connectivity index (χ1v) is 8.11. The van der Waals surface area contributed by atoms with Gasteiger partial charge in [-0.25, -0.2) is 8.78 Å². The largest absolute Gasteiger partial charge is 0.354 e. The first-order valence-electron chi connectivity index (χ1n) is 8.11. The van der Waals surface area contributed by atoms with Gasteiger partial charge in [0.05, 0.1) is 5.56 Å². The van der Waals surface area contributed by atoms with Gasteiger partial charge in [-0.1, -0.05) is 0 Å². The van der Waals surface area contributed by atoms with E-state index in [1.165, 1.54) is 4.90 Å². The second kappa shape index (κ2) is 9.68. The van der Waals surface area contributed by atoms with Crippen LogP contribution in [0.5, 0.6) is 0 Å². The van der Waals surface area contributed by atoms with Crippen LogP contribution in [-0.4, -0.2) is 49.4 Å². The van der Waals surface area contributed by atoms with E-state index in [-0.39, 0.29) is 35.8 Å². The molecule has 0 saturated carbocycles. The Bertz CT molecular complexity index is 608. The summed E-state index contributed by atoms with van der Waals surface area (Å²) >= 11 is 0. The molecule has 5 nitrogen and oxygen atoms in total. The highest BCUT2D eigenvalue weighted by Crippen LogP contribution is 2.20. The number of likely N-dealkylation sites (N-methyl/N-ethyl adjacent to an activating group) is 1. The Morgan fingerprint density at radius 1 is 1.28 bits per heavy atom. The van der Waals surface area contributed by atoms with Crippen molar-refractivity contribution in [3.8, 4) is 0 Å². The number of rotatable bonds is 5. The minimum atomic E-state index is -0.860. The Labute approximate surface area is 152 Å². The molecule has 2 rings (SSSR count). The number of hydrogen-bond donors (Lipinski definition) is 2. The molecule has 1 saturated heterocycles. The monoisotopic (exact) mass is 375 g/mol. The lowest BCUT2D eigenvalue weighted by Crippen LogP contribution is -2.45. The van der Waals surface area contributed by atoms with Crippen LogP contribution in [0.15, 0.2) is 18.2 Å². The fourth-order valence-corrected chi connectivity index (χ4v) is 2.68. The van der Waals surface area contributed by atoms with Crippen LogP contribution in [-0.2, 0) is 4.79 Å². The zero-order valence-corrected chi connectivity index (χ0v) is 15.2. The van der Waals surface area contributed by atoms with Crippen LogP contribution in [0.2, 0.25) is 0 Å². The van der Waals surface area contributed by atoms with Gasteiger partial charge in [0.25, 0.3) is 5.91 Å². The van der Waals surface area contributed by atoms with Gasteiger partial charge in [0.15, 0.2) is 0 Å². The van der Waals surface area contributed by atoms with Crippen molar-refractivity contribution in [3.63, 3.8) is 0 Å². The summed E-state index contributed by atoms with van der Waals surface area (Å²) in [6, 6.07) is 3.12. The minimum absolute atomic E-state index is 0. The SMILES string of the molecule is CNC(C)CNC(=O)C1CCN(C(=O)c2ccc(F)cc2F)CC1.Cl. The van der Waals surface area contributed by atoms with E-state index in [1.807, 2.05) is 14.0 Å². The summed E-state index contributed by atoms with van der Waals surface area (Å²) in [6.07, 6.45) is 1.07. The van der Waals surface area contributed by atoms with Crippen molar-refractivity contribution in [2.45, 2.75) is 25.8 Å². The van der Waals surface area contributed by atoms with Crippen molar-refractivity contribution in [1.29, 1.82) is 0 Å². The molecule has 1 aliphatic rings. The molecule has 0 bridgehead atoms. The molecule has 140 valence electrons. The number of halogens is 3. The second-order valence-corrected chi connectivity index (χ2v) is 6.13. The summed E-state index contributed by atoms with van der Waals surface area (Å²) in [5, 5.41) is 5.93. The fraction of sp³-hybridized carbons (Fsp3) is 0.529. The van der Waals surface area contributed by atoms with E-state index >= 15 is 0 Å². The number of nitrogens with zero attached hydrogens (tertiary/aromatic N) is 1. The Kier molecular flexibility index (Phi) is 8.25.